The first-order valence-corrected chi connectivity index (χ1v) is 12.0. The zero-order chi connectivity index (χ0) is 26.0. The van der Waals surface area contributed by atoms with Gasteiger partial charge in [0, 0.05) is 22.5 Å². The minimum absolute atomic E-state index is 0.0492. The number of hydrogen-bond donors (Lipinski definition) is 1. The van der Waals surface area contributed by atoms with Gasteiger partial charge in [0.1, 0.15) is 5.75 Å². The Balaban J connectivity index is 1.75. The topological polar surface area (TPSA) is 69.6 Å². The summed E-state index contributed by atoms with van der Waals surface area (Å²) in [5.41, 5.74) is 5.60. The number of carbonyl (C=O) groups is 2. The quantitative estimate of drug-likeness (QED) is 0.310. The van der Waals surface area contributed by atoms with Gasteiger partial charge in [0.15, 0.2) is 0 Å². The van der Waals surface area contributed by atoms with E-state index in [-0.39, 0.29) is 17.3 Å². The molecule has 0 bridgehead atoms. The number of nitrogens with one attached hydrogen (secondary N) is 1. The van der Waals surface area contributed by atoms with E-state index < -0.39 is 0 Å². The average molecular weight is 485 g/mol. The van der Waals surface area contributed by atoms with Crippen molar-refractivity contribution < 1.29 is 19.1 Å². The Labute approximate surface area is 211 Å². The number of benzene rings is 3. The average Bonchev–Trinajstić information content (AvgIpc) is 3.15. The van der Waals surface area contributed by atoms with E-state index in [2.05, 4.69) is 54.9 Å². The van der Waals surface area contributed by atoms with Gasteiger partial charge in [-0.15, -0.1) is 0 Å². The van der Waals surface area contributed by atoms with Gasteiger partial charge in [-0.05, 0) is 79.4 Å². The number of hydrogen-bond acceptors (Lipinski definition) is 4. The molecule has 0 atom stereocenters. The normalized spacial score (nSPS) is 11.4. The molecule has 0 unspecified atom stereocenters. The van der Waals surface area contributed by atoms with Crippen molar-refractivity contribution in [2.45, 2.75) is 40.0 Å². The second-order valence-electron chi connectivity index (χ2n) is 9.73. The lowest BCUT2D eigenvalue weighted by Gasteiger charge is -2.19. The standard InChI is InChI=1S/C30H32N2O4/c1-7-36-29(34)20-8-12-22(13-9-20)31-28(33)27-19(2)32(26-17-16-24(35-6)18-25(26)27)23-14-10-21(11-15-23)30(3,4)5/h8-18H,7H2,1-6H3,(H,31,33). The molecule has 1 heterocycles. The molecule has 3 aromatic carbocycles. The van der Waals surface area contributed by atoms with Crippen molar-refractivity contribution in [3.63, 3.8) is 0 Å². The minimum atomic E-state index is -0.390. The third kappa shape index (κ3) is 4.85. The number of ether oxygens (including phenoxy) is 2. The summed E-state index contributed by atoms with van der Waals surface area (Å²) >= 11 is 0. The van der Waals surface area contributed by atoms with E-state index in [1.807, 2.05) is 25.1 Å². The Kier molecular flexibility index (Phi) is 6.88. The van der Waals surface area contributed by atoms with Crippen LogP contribution in [0.25, 0.3) is 16.6 Å². The fourth-order valence-electron chi connectivity index (χ4n) is 4.35. The van der Waals surface area contributed by atoms with Crippen molar-refractivity contribution in [1.82, 2.24) is 4.57 Å². The molecule has 0 saturated heterocycles. The van der Waals surface area contributed by atoms with Gasteiger partial charge in [-0.25, -0.2) is 4.79 Å². The number of esters is 1. The lowest BCUT2D eigenvalue weighted by molar-refractivity contribution is 0.0526. The number of aromatic nitrogens is 1. The first kappa shape index (κ1) is 25.0. The summed E-state index contributed by atoms with van der Waals surface area (Å²) in [5.74, 6) is 0.0501. The molecule has 36 heavy (non-hydrogen) atoms. The highest BCUT2D eigenvalue weighted by Crippen LogP contribution is 2.33. The van der Waals surface area contributed by atoms with Crippen LogP contribution in [-0.2, 0) is 10.2 Å². The largest absolute Gasteiger partial charge is 0.497 e. The van der Waals surface area contributed by atoms with E-state index >= 15 is 0 Å². The number of rotatable bonds is 6. The molecular weight excluding hydrogens is 452 g/mol. The van der Waals surface area contributed by atoms with Crippen LogP contribution in [-0.4, -0.2) is 30.2 Å². The van der Waals surface area contributed by atoms with Crippen LogP contribution in [0.3, 0.4) is 0 Å². The third-order valence-corrected chi connectivity index (χ3v) is 6.28. The molecule has 6 heteroatoms. The van der Waals surface area contributed by atoms with Crippen molar-refractivity contribution in [1.29, 1.82) is 0 Å². The maximum atomic E-state index is 13.5. The summed E-state index contributed by atoms with van der Waals surface area (Å²) in [6, 6.07) is 20.9. The molecule has 0 fully saturated rings. The molecule has 6 nitrogen and oxygen atoms in total. The zero-order valence-electron chi connectivity index (χ0n) is 21.6. The van der Waals surface area contributed by atoms with E-state index in [4.69, 9.17) is 9.47 Å². The van der Waals surface area contributed by atoms with Gasteiger partial charge in [-0.1, -0.05) is 32.9 Å². The minimum Gasteiger partial charge on any atom is -0.497 e. The molecule has 186 valence electrons. The molecular formula is C30H32N2O4. The van der Waals surface area contributed by atoms with Gasteiger partial charge in [0.2, 0.25) is 0 Å². The number of nitrogens with zero attached hydrogens (tertiary/aromatic N) is 1. The van der Waals surface area contributed by atoms with Crippen LogP contribution in [0.4, 0.5) is 5.69 Å². The smallest absolute Gasteiger partial charge is 0.338 e. The SMILES string of the molecule is CCOC(=O)c1ccc(NC(=O)c2c(C)n(-c3ccc(C(C)(C)C)cc3)c3ccc(OC)cc23)cc1. The first-order chi connectivity index (χ1) is 17.1. The van der Waals surface area contributed by atoms with Gasteiger partial charge in [-0.2, -0.15) is 0 Å². The van der Waals surface area contributed by atoms with E-state index in [1.54, 1.807) is 38.3 Å². The zero-order valence-corrected chi connectivity index (χ0v) is 21.6. The highest BCUT2D eigenvalue weighted by atomic mass is 16.5. The summed E-state index contributed by atoms with van der Waals surface area (Å²) < 4.78 is 12.6. The Bertz CT molecular complexity index is 1410. The van der Waals surface area contributed by atoms with Crippen molar-refractivity contribution in [2.75, 3.05) is 19.0 Å². The van der Waals surface area contributed by atoms with E-state index in [9.17, 15) is 9.59 Å². The Morgan fingerprint density at radius 1 is 0.944 bits per heavy atom. The molecule has 0 aliphatic rings. The van der Waals surface area contributed by atoms with Crippen LogP contribution in [0.2, 0.25) is 0 Å². The Morgan fingerprint density at radius 2 is 1.61 bits per heavy atom. The number of amides is 1. The second kappa shape index (κ2) is 9.90. The molecule has 0 spiro atoms. The van der Waals surface area contributed by atoms with Gasteiger partial charge in [0.25, 0.3) is 5.91 Å². The van der Waals surface area contributed by atoms with Gasteiger partial charge >= 0.3 is 5.97 Å². The predicted molar refractivity (Wildman–Crippen MR) is 144 cm³/mol. The third-order valence-electron chi connectivity index (χ3n) is 6.28. The van der Waals surface area contributed by atoms with E-state index in [0.29, 0.717) is 29.2 Å². The van der Waals surface area contributed by atoms with Crippen LogP contribution in [0.5, 0.6) is 5.75 Å². The van der Waals surface area contributed by atoms with Crippen molar-refractivity contribution in [3.8, 4) is 11.4 Å². The maximum Gasteiger partial charge on any atom is 0.338 e. The molecule has 0 saturated carbocycles. The highest BCUT2D eigenvalue weighted by molar-refractivity contribution is 6.14. The monoisotopic (exact) mass is 484 g/mol. The molecule has 1 aromatic heterocycles. The number of carbonyl (C=O) groups excluding carboxylic acids is 2. The molecule has 1 amide bonds. The maximum absolute atomic E-state index is 13.5. The molecule has 4 rings (SSSR count). The summed E-state index contributed by atoms with van der Waals surface area (Å²) in [6.45, 7) is 10.6. The van der Waals surface area contributed by atoms with Gasteiger partial charge in [-0.3, -0.25) is 4.79 Å². The molecule has 0 radical (unpaired) electrons. The molecule has 1 N–H and O–H groups in total. The Hall–Kier alpha value is -4.06. The van der Waals surface area contributed by atoms with Crippen LogP contribution < -0.4 is 10.1 Å². The van der Waals surface area contributed by atoms with Crippen LogP contribution in [0.15, 0.2) is 66.7 Å². The van der Waals surface area contributed by atoms with Crippen molar-refractivity contribution in [2.24, 2.45) is 0 Å². The molecule has 0 aliphatic heterocycles. The fourth-order valence-corrected chi connectivity index (χ4v) is 4.35. The number of methoxy groups -OCH3 is 1. The summed E-state index contributed by atoms with van der Waals surface area (Å²) in [4.78, 5) is 25.5. The lowest BCUT2D eigenvalue weighted by Crippen LogP contribution is -2.14. The van der Waals surface area contributed by atoms with E-state index in [1.165, 1.54) is 5.56 Å². The second-order valence-corrected chi connectivity index (χ2v) is 9.73. The fraction of sp³-hybridized carbons (Fsp3) is 0.267. The Morgan fingerprint density at radius 3 is 2.19 bits per heavy atom. The van der Waals surface area contributed by atoms with Crippen molar-refractivity contribution in [3.05, 3.63) is 89.1 Å². The van der Waals surface area contributed by atoms with Crippen LogP contribution in [0.1, 0.15) is 59.7 Å². The van der Waals surface area contributed by atoms with Gasteiger partial charge in [0.05, 0.1) is 30.4 Å². The number of fused-ring (bicyclic) bond motifs is 1. The first-order valence-electron chi connectivity index (χ1n) is 12.0. The molecule has 4 aromatic rings. The highest BCUT2D eigenvalue weighted by Gasteiger charge is 2.22. The summed E-state index contributed by atoms with van der Waals surface area (Å²) in [5, 5.41) is 3.77. The van der Waals surface area contributed by atoms with Gasteiger partial charge < -0.3 is 19.4 Å². The summed E-state index contributed by atoms with van der Waals surface area (Å²) in [6.07, 6.45) is 0. The van der Waals surface area contributed by atoms with E-state index in [0.717, 1.165) is 22.3 Å². The van der Waals surface area contributed by atoms with Crippen LogP contribution in [0, 0.1) is 6.92 Å². The summed E-state index contributed by atoms with van der Waals surface area (Å²) in [7, 11) is 1.61. The lowest BCUT2D eigenvalue weighted by atomic mass is 9.87. The van der Waals surface area contributed by atoms with Crippen LogP contribution >= 0.6 is 0 Å². The predicted octanol–water partition coefficient (Wildman–Crippen LogP) is 6.67. The molecule has 0 aliphatic carbocycles. The number of anilines is 1. The van der Waals surface area contributed by atoms with Crippen molar-refractivity contribution >= 4 is 28.5 Å².